The van der Waals surface area contributed by atoms with Crippen molar-refractivity contribution in [3.8, 4) is 0 Å². The van der Waals surface area contributed by atoms with Crippen molar-refractivity contribution in [1.82, 2.24) is 14.5 Å². The predicted molar refractivity (Wildman–Crippen MR) is 80.8 cm³/mol. The number of rotatable bonds is 4. The number of fused-ring (bicyclic) bond motifs is 1. The van der Waals surface area contributed by atoms with Gasteiger partial charge in [-0.05, 0) is 25.0 Å². The van der Waals surface area contributed by atoms with E-state index >= 15 is 0 Å². The van der Waals surface area contributed by atoms with Gasteiger partial charge in [-0.3, -0.25) is 4.79 Å². The number of nitrogens with zero attached hydrogens (tertiary/aromatic N) is 3. The lowest BCUT2D eigenvalue weighted by molar-refractivity contribution is -0.133. The molecule has 1 aromatic carbocycles. The largest absolute Gasteiger partial charge is 0.388 e. The van der Waals surface area contributed by atoms with Crippen molar-refractivity contribution >= 4 is 16.9 Å². The topological polar surface area (TPSA) is 58.4 Å². The maximum Gasteiger partial charge on any atom is 0.242 e. The number of likely N-dealkylation sites (N-methyl/N-ethyl adjacent to an activating group) is 1. The summed E-state index contributed by atoms with van der Waals surface area (Å²) in [6.07, 6.45) is 5.37. The number of aromatic nitrogens is 2. The second-order valence-electron chi connectivity index (χ2n) is 6.04. The van der Waals surface area contributed by atoms with E-state index < -0.39 is 5.60 Å². The van der Waals surface area contributed by atoms with Crippen LogP contribution in [0.25, 0.3) is 11.0 Å². The molecule has 1 heterocycles. The van der Waals surface area contributed by atoms with Crippen molar-refractivity contribution in [2.24, 2.45) is 0 Å². The number of hydrogen-bond acceptors (Lipinski definition) is 3. The Kier molecular flexibility index (Phi) is 3.68. The summed E-state index contributed by atoms with van der Waals surface area (Å²) in [6, 6.07) is 7.76. The van der Waals surface area contributed by atoms with Crippen LogP contribution in [0.15, 0.2) is 30.6 Å². The standard InChI is InChI=1S/C16H21N3O2/c1-18(11-16(21)8-4-5-9-16)15(20)10-19-12-17-13-6-2-3-7-14(13)19/h2-3,6-7,12,21H,4-5,8-11H2,1H3. The third-order valence-electron chi connectivity index (χ3n) is 4.32. The highest BCUT2D eigenvalue weighted by atomic mass is 16.3. The fourth-order valence-corrected chi connectivity index (χ4v) is 3.12. The van der Waals surface area contributed by atoms with Gasteiger partial charge in [0.2, 0.25) is 5.91 Å². The van der Waals surface area contributed by atoms with Gasteiger partial charge in [-0.1, -0.05) is 25.0 Å². The Morgan fingerprint density at radius 1 is 1.38 bits per heavy atom. The summed E-state index contributed by atoms with van der Waals surface area (Å²) in [5, 5.41) is 10.4. The van der Waals surface area contributed by atoms with Crippen LogP contribution < -0.4 is 0 Å². The molecule has 3 rings (SSSR count). The van der Waals surface area contributed by atoms with Crippen molar-refractivity contribution in [3.05, 3.63) is 30.6 Å². The number of aliphatic hydroxyl groups is 1. The smallest absolute Gasteiger partial charge is 0.242 e. The lowest BCUT2D eigenvalue weighted by Gasteiger charge is -2.28. The van der Waals surface area contributed by atoms with Crippen LogP contribution in [-0.2, 0) is 11.3 Å². The molecule has 0 atom stereocenters. The van der Waals surface area contributed by atoms with Crippen LogP contribution >= 0.6 is 0 Å². The number of carbonyl (C=O) groups is 1. The lowest BCUT2D eigenvalue weighted by atomic mass is 10.0. The Hall–Kier alpha value is -1.88. The fourth-order valence-electron chi connectivity index (χ4n) is 3.12. The first kappa shape index (κ1) is 14.1. The summed E-state index contributed by atoms with van der Waals surface area (Å²) in [4.78, 5) is 18.3. The van der Waals surface area contributed by atoms with Gasteiger partial charge in [0.15, 0.2) is 0 Å². The number of para-hydroxylation sites is 2. The molecule has 5 nitrogen and oxygen atoms in total. The number of carbonyl (C=O) groups excluding carboxylic acids is 1. The highest BCUT2D eigenvalue weighted by Crippen LogP contribution is 2.30. The van der Waals surface area contributed by atoms with Crippen LogP contribution in [0, 0.1) is 0 Å². The minimum atomic E-state index is -0.693. The summed E-state index contributed by atoms with van der Waals surface area (Å²) in [5.74, 6) is -0.00141. The normalized spacial score (nSPS) is 17.2. The molecule has 1 aromatic heterocycles. The maximum atomic E-state index is 12.4. The van der Waals surface area contributed by atoms with E-state index in [1.165, 1.54) is 0 Å². The second kappa shape index (κ2) is 5.48. The second-order valence-corrected chi connectivity index (χ2v) is 6.04. The third-order valence-corrected chi connectivity index (χ3v) is 4.32. The van der Waals surface area contributed by atoms with E-state index in [1.54, 1.807) is 18.3 Å². The molecule has 0 spiro atoms. The van der Waals surface area contributed by atoms with E-state index in [0.717, 1.165) is 36.7 Å². The molecule has 2 aromatic rings. The summed E-state index contributed by atoms with van der Waals surface area (Å²) >= 11 is 0. The fraction of sp³-hybridized carbons (Fsp3) is 0.500. The van der Waals surface area contributed by atoms with Crippen molar-refractivity contribution < 1.29 is 9.90 Å². The van der Waals surface area contributed by atoms with E-state index in [-0.39, 0.29) is 12.5 Å². The van der Waals surface area contributed by atoms with Gasteiger partial charge in [0.25, 0.3) is 0 Å². The van der Waals surface area contributed by atoms with Crippen molar-refractivity contribution in [2.75, 3.05) is 13.6 Å². The van der Waals surface area contributed by atoms with Crippen LogP contribution in [0.3, 0.4) is 0 Å². The van der Waals surface area contributed by atoms with Crippen LogP contribution in [0.4, 0.5) is 0 Å². The quantitative estimate of drug-likeness (QED) is 0.933. The highest BCUT2D eigenvalue weighted by Gasteiger charge is 2.33. The zero-order valence-corrected chi connectivity index (χ0v) is 12.3. The SMILES string of the molecule is CN(CC1(O)CCCC1)C(=O)Cn1cnc2ccccc21. The molecule has 0 saturated heterocycles. The average Bonchev–Trinajstić information content (AvgIpc) is 3.06. The summed E-state index contributed by atoms with van der Waals surface area (Å²) in [6.45, 7) is 0.672. The van der Waals surface area contributed by atoms with Gasteiger partial charge in [-0.2, -0.15) is 0 Å². The average molecular weight is 287 g/mol. The van der Waals surface area contributed by atoms with E-state index in [1.807, 2.05) is 28.8 Å². The zero-order valence-electron chi connectivity index (χ0n) is 12.3. The molecule has 1 aliphatic carbocycles. The first-order chi connectivity index (χ1) is 10.1. The van der Waals surface area contributed by atoms with Gasteiger partial charge >= 0.3 is 0 Å². The predicted octanol–water partition coefficient (Wildman–Crippen LogP) is 1.80. The molecule has 21 heavy (non-hydrogen) atoms. The van der Waals surface area contributed by atoms with E-state index in [9.17, 15) is 9.90 Å². The van der Waals surface area contributed by atoms with Gasteiger partial charge in [0.1, 0.15) is 6.54 Å². The first-order valence-corrected chi connectivity index (χ1v) is 7.44. The molecule has 1 aliphatic rings. The van der Waals surface area contributed by atoms with Crippen LogP contribution in [0.2, 0.25) is 0 Å². The molecule has 1 amide bonds. The highest BCUT2D eigenvalue weighted by molar-refractivity contribution is 5.80. The Balaban J connectivity index is 1.68. The molecule has 0 radical (unpaired) electrons. The van der Waals surface area contributed by atoms with Gasteiger partial charge in [0.05, 0.1) is 23.0 Å². The van der Waals surface area contributed by atoms with E-state index in [4.69, 9.17) is 0 Å². The van der Waals surface area contributed by atoms with Gasteiger partial charge in [0, 0.05) is 13.6 Å². The number of imidazole rings is 1. The minimum absolute atomic E-state index is 0.00141. The molecule has 1 fully saturated rings. The summed E-state index contributed by atoms with van der Waals surface area (Å²) in [5.41, 5.74) is 1.16. The Labute approximate surface area is 124 Å². The molecule has 0 bridgehead atoms. The molecule has 0 unspecified atom stereocenters. The van der Waals surface area contributed by atoms with E-state index in [0.29, 0.717) is 6.54 Å². The molecule has 5 heteroatoms. The van der Waals surface area contributed by atoms with Crippen LogP contribution in [-0.4, -0.2) is 44.7 Å². The van der Waals surface area contributed by atoms with Gasteiger partial charge in [-0.25, -0.2) is 4.98 Å². The summed E-state index contributed by atoms with van der Waals surface area (Å²) < 4.78 is 1.85. The van der Waals surface area contributed by atoms with Crippen molar-refractivity contribution in [1.29, 1.82) is 0 Å². The lowest BCUT2D eigenvalue weighted by Crippen LogP contribution is -2.43. The van der Waals surface area contributed by atoms with Gasteiger partial charge in [-0.15, -0.1) is 0 Å². The number of hydrogen-bond donors (Lipinski definition) is 1. The van der Waals surface area contributed by atoms with Crippen LogP contribution in [0.5, 0.6) is 0 Å². The third kappa shape index (κ3) is 2.93. The molecular formula is C16H21N3O2. The van der Waals surface area contributed by atoms with Gasteiger partial charge < -0.3 is 14.6 Å². The van der Waals surface area contributed by atoms with Crippen molar-refractivity contribution in [3.63, 3.8) is 0 Å². The molecule has 112 valence electrons. The molecular weight excluding hydrogens is 266 g/mol. The number of amides is 1. The Bertz CT molecular complexity index is 644. The zero-order chi connectivity index (χ0) is 14.9. The van der Waals surface area contributed by atoms with Crippen LogP contribution in [0.1, 0.15) is 25.7 Å². The van der Waals surface area contributed by atoms with E-state index in [2.05, 4.69) is 4.98 Å². The van der Waals surface area contributed by atoms with Crippen molar-refractivity contribution in [2.45, 2.75) is 37.8 Å². The number of benzene rings is 1. The monoisotopic (exact) mass is 287 g/mol. The Morgan fingerprint density at radius 2 is 2.10 bits per heavy atom. The Morgan fingerprint density at radius 3 is 2.86 bits per heavy atom. The molecule has 1 saturated carbocycles. The first-order valence-electron chi connectivity index (χ1n) is 7.44. The molecule has 0 aliphatic heterocycles. The maximum absolute atomic E-state index is 12.4. The summed E-state index contributed by atoms with van der Waals surface area (Å²) in [7, 11) is 1.76. The minimum Gasteiger partial charge on any atom is -0.388 e. The molecule has 1 N–H and O–H groups in total.